The van der Waals surface area contributed by atoms with Crippen molar-refractivity contribution in [2.45, 2.75) is 12.6 Å². The SMILES string of the molecule is COc1ccc(C(NC(=O)c2ccc(P(c3ccccc3)c3ccccc3)cc2)c2ccc(OCC(=O)NCc3ccccc3)cc2)c(OC)c1. The summed E-state index contributed by atoms with van der Waals surface area (Å²) < 4.78 is 17.0. The second kappa shape index (κ2) is 17.1. The largest absolute Gasteiger partial charge is 0.497 e. The first kappa shape index (κ1) is 34.9. The summed E-state index contributed by atoms with van der Waals surface area (Å²) >= 11 is 0. The zero-order chi connectivity index (χ0) is 35.4. The maximum Gasteiger partial charge on any atom is 0.258 e. The summed E-state index contributed by atoms with van der Waals surface area (Å²) in [4.78, 5) is 26.3. The molecule has 0 aliphatic heterocycles. The molecule has 6 rings (SSSR count). The highest BCUT2D eigenvalue weighted by atomic mass is 31.1. The predicted molar refractivity (Wildman–Crippen MR) is 204 cm³/mol. The summed E-state index contributed by atoms with van der Waals surface area (Å²) in [5, 5.41) is 9.73. The van der Waals surface area contributed by atoms with E-state index in [9.17, 15) is 9.59 Å². The third-order valence-electron chi connectivity index (χ3n) is 8.36. The quantitative estimate of drug-likeness (QED) is 0.124. The molecule has 1 unspecified atom stereocenters. The molecule has 7 nitrogen and oxygen atoms in total. The van der Waals surface area contributed by atoms with Crippen LogP contribution in [-0.4, -0.2) is 32.6 Å². The van der Waals surface area contributed by atoms with Gasteiger partial charge in [0.05, 0.1) is 20.3 Å². The highest BCUT2D eigenvalue weighted by Gasteiger charge is 2.23. The van der Waals surface area contributed by atoms with Gasteiger partial charge in [0.1, 0.15) is 17.2 Å². The minimum absolute atomic E-state index is 0.120. The van der Waals surface area contributed by atoms with Crippen LogP contribution in [0.4, 0.5) is 0 Å². The van der Waals surface area contributed by atoms with E-state index in [0.29, 0.717) is 29.4 Å². The standard InChI is InChI=1S/C43H39N2O5P/c1-48-35-24-27-39(40(28-35)49-2)42(32-18-22-34(23-19-32)50-30-41(46)44-29-31-12-6-3-7-13-31)45-43(47)33-20-25-38(26-21-33)51(36-14-8-4-9-15-36)37-16-10-5-11-17-37/h3-28,42H,29-30H2,1-2H3,(H,44,46)(H,45,47). The Kier molecular flexibility index (Phi) is 11.7. The number of hydrogen-bond acceptors (Lipinski definition) is 5. The molecule has 0 heterocycles. The molecule has 6 aromatic rings. The van der Waals surface area contributed by atoms with E-state index in [1.807, 2.05) is 91.0 Å². The molecule has 256 valence electrons. The summed E-state index contributed by atoms with van der Waals surface area (Å²) in [7, 11) is 2.39. The monoisotopic (exact) mass is 694 g/mol. The average Bonchev–Trinajstić information content (AvgIpc) is 3.20. The van der Waals surface area contributed by atoms with Crippen molar-refractivity contribution in [1.82, 2.24) is 10.6 Å². The van der Waals surface area contributed by atoms with Crippen LogP contribution in [0.2, 0.25) is 0 Å². The second-order valence-electron chi connectivity index (χ2n) is 11.7. The lowest BCUT2D eigenvalue weighted by Gasteiger charge is -2.23. The van der Waals surface area contributed by atoms with Gasteiger partial charge in [0, 0.05) is 23.7 Å². The molecular weight excluding hydrogens is 655 g/mol. The molecule has 0 fully saturated rings. The van der Waals surface area contributed by atoms with Gasteiger partial charge in [-0.2, -0.15) is 0 Å². The van der Waals surface area contributed by atoms with E-state index in [1.54, 1.807) is 32.4 Å². The van der Waals surface area contributed by atoms with Gasteiger partial charge in [0.2, 0.25) is 0 Å². The van der Waals surface area contributed by atoms with Crippen molar-refractivity contribution in [3.8, 4) is 17.2 Å². The molecule has 2 amide bonds. The van der Waals surface area contributed by atoms with Crippen molar-refractivity contribution in [2.75, 3.05) is 20.8 Å². The molecule has 0 bridgehead atoms. The minimum Gasteiger partial charge on any atom is -0.497 e. The summed E-state index contributed by atoms with van der Waals surface area (Å²) in [6.07, 6.45) is 0. The Morgan fingerprint density at radius 1 is 0.627 bits per heavy atom. The van der Waals surface area contributed by atoms with Crippen molar-refractivity contribution in [2.24, 2.45) is 0 Å². The van der Waals surface area contributed by atoms with Crippen LogP contribution in [0.15, 0.2) is 158 Å². The maximum atomic E-state index is 13.9. The number of hydrogen-bond donors (Lipinski definition) is 2. The molecule has 0 aliphatic rings. The number of methoxy groups -OCH3 is 2. The van der Waals surface area contributed by atoms with Gasteiger partial charge in [-0.25, -0.2) is 0 Å². The minimum atomic E-state index is -0.799. The van der Waals surface area contributed by atoms with E-state index >= 15 is 0 Å². The maximum absolute atomic E-state index is 13.9. The molecule has 0 saturated heterocycles. The van der Waals surface area contributed by atoms with Gasteiger partial charge in [-0.1, -0.05) is 115 Å². The number of carbonyl (C=O) groups excluding carboxylic acids is 2. The van der Waals surface area contributed by atoms with Crippen LogP contribution in [0, 0.1) is 0 Å². The van der Waals surface area contributed by atoms with Gasteiger partial charge in [-0.05, 0) is 71.4 Å². The molecule has 0 aliphatic carbocycles. The predicted octanol–water partition coefficient (Wildman–Crippen LogP) is 6.68. The van der Waals surface area contributed by atoms with Crippen LogP contribution in [0.25, 0.3) is 0 Å². The number of carbonyl (C=O) groups is 2. The van der Waals surface area contributed by atoms with Crippen LogP contribution in [-0.2, 0) is 11.3 Å². The van der Waals surface area contributed by atoms with Crippen molar-refractivity contribution in [3.05, 3.63) is 180 Å². The van der Waals surface area contributed by atoms with Gasteiger partial charge in [0.15, 0.2) is 6.61 Å². The topological polar surface area (TPSA) is 85.9 Å². The van der Waals surface area contributed by atoms with Gasteiger partial charge < -0.3 is 24.8 Å². The van der Waals surface area contributed by atoms with Crippen molar-refractivity contribution >= 4 is 35.6 Å². The summed E-state index contributed by atoms with van der Waals surface area (Å²) in [6, 6.07) is 50.8. The fourth-order valence-electron chi connectivity index (χ4n) is 5.73. The molecule has 0 aromatic heterocycles. The van der Waals surface area contributed by atoms with E-state index < -0.39 is 14.0 Å². The van der Waals surface area contributed by atoms with Gasteiger partial charge in [0.25, 0.3) is 11.8 Å². The molecule has 6 aromatic carbocycles. The lowest BCUT2D eigenvalue weighted by Crippen LogP contribution is -2.30. The Balaban J connectivity index is 1.21. The molecule has 2 N–H and O–H groups in total. The van der Waals surface area contributed by atoms with Crippen molar-refractivity contribution in [3.63, 3.8) is 0 Å². The molecule has 1 atom stereocenters. The lowest BCUT2D eigenvalue weighted by atomic mass is 9.97. The zero-order valence-electron chi connectivity index (χ0n) is 28.5. The summed E-state index contributed by atoms with van der Waals surface area (Å²) in [5.41, 5.74) is 3.11. The molecular formula is C43H39N2O5P. The first-order valence-electron chi connectivity index (χ1n) is 16.6. The lowest BCUT2D eigenvalue weighted by molar-refractivity contribution is -0.123. The van der Waals surface area contributed by atoms with Gasteiger partial charge >= 0.3 is 0 Å². The first-order valence-corrected chi connectivity index (χ1v) is 17.9. The Hall–Kier alpha value is -5.91. The molecule has 0 radical (unpaired) electrons. The van der Waals surface area contributed by atoms with Crippen LogP contribution < -0.4 is 40.8 Å². The number of nitrogens with one attached hydrogen (secondary N) is 2. The molecule has 0 saturated carbocycles. The molecule has 8 heteroatoms. The van der Waals surface area contributed by atoms with Gasteiger partial charge in [-0.15, -0.1) is 0 Å². The Bertz CT molecular complexity index is 1980. The van der Waals surface area contributed by atoms with E-state index in [4.69, 9.17) is 14.2 Å². The van der Waals surface area contributed by atoms with Crippen LogP contribution >= 0.6 is 7.92 Å². The van der Waals surface area contributed by atoms with Crippen molar-refractivity contribution in [1.29, 1.82) is 0 Å². The summed E-state index contributed by atoms with van der Waals surface area (Å²) in [6.45, 7) is 0.308. The highest BCUT2D eigenvalue weighted by molar-refractivity contribution is 7.79. The number of amides is 2. The number of benzene rings is 6. The smallest absolute Gasteiger partial charge is 0.258 e. The fourth-order valence-corrected chi connectivity index (χ4v) is 8.01. The highest BCUT2D eigenvalue weighted by Crippen LogP contribution is 2.35. The van der Waals surface area contributed by atoms with Crippen LogP contribution in [0.1, 0.15) is 33.1 Å². The fraction of sp³-hybridized carbons (Fsp3) is 0.116. The zero-order valence-corrected chi connectivity index (χ0v) is 29.4. The van der Waals surface area contributed by atoms with E-state index in [0.717, 1.165) is 22.0 Å². The summed E-state index contributed by atoms with van der Waals surface area (Å²) in [5.74, 6) is 1.29. The normalized spacial score (nSPS) is 11.4. The van der Waals surface area contributed by atoms with E-state index in [1.165, 1.54) is 10.6 Å². The number of rotatable bonds is 14. The van der Waals surface area contributed by atoms with Crippen LogP contribution in [0.5, 0.6) is 17.2 Å². The first-order chi connectivity index (χ1) is 25.0. The van der Waals surface area contributed by atoms with Crippen molar-refractivity contribution < 1.29 is 23.8 Å². The molecule has 51 heavy (non-hydrogen) atoms. The van der Waals surface area contributed by atoms with E-state index in [2.05, 4.69) is 59.2 Å². The second-order valence-corrected chi connectivity index (χ2v) is 13.9. The molecule has 0 spiro atoms. The number of ether oxygens (including phenoxy) is 3. The van der Waals surface area contributed by atoms with E-state index in [-0.39, 0.29) is 18.4 Å². The average molecular weight is 695 g/mol. The Morgan fingerprint density at radius 2 is 1.20 bits per heavy atom. The van der Waals surface area contributed by atoms with Gasteiger partial charge in [-0.3, -0.25) is 9.59 Å². The third kappa shape index (κ3) is 9.01. The third-order valence-corrected chi connectivity index (χ3v) is 10.8. The Labute approximate surface area is 300 Å². The van der Waals surface area contributed by atoms with Crippen LogP contribution in [0.3, 0.4) is 0 Å². The Morgan fingerprint density at radius 3 is 1.78 bits per heavy atom.